The number of nitrogens with one attached hydrogen (secondary N) is 1. The Morgan fingerprint density at radius 1 is 0.659 bits per heavy atom. The number of unbranched alkanes of at least 4 members (excludes halogenated alkanes) is 1. The number of hydrogen-bond acceptors (Lipinski definition) is 11. The fourth-order valence-corrected chi connectivity index (χ4v) is 3.90. The quantitative estimate of drug-likeness (QED) is 0.130. The Morgan fingerprint density at radius 3 is 1.51 bits per heavy atom. The first-order chi connectivity index (χ1) is 19.6. The fraction of sp³-hybridized carbons (Fsp3) is 0.750. The van der Waals surface area contributed by atoms with Crippen LogP contribution in [0.3, 0.4) is 0 Å². The summed E-state index contributed by atoms with van der Waals surface area (Å²) in [5.74, 6) is 0. The van der Waals surface area contributed by atoms with Gasteiger partial charge in [0.25, 0.3) is 10.1 Å². The van der Waals surface area contributed by atoms with Gasteiger partial charge in [-0.3, -0.25) is 4.18 Å². The van der Waals surface area contributed by atoms with Crippen LogP contribution in [0.4, 0.5) is 4.79 Å². The number of rotatable bonds is 25. The summed E-state index contributed by atoms with van der Waals surface area (Å²) in [6.45, 7) is 13.1. The van der Waals surface area contributed by atoms with Crippen LogP contribution < -0.4 is 5.32 Å². The minimum Gasteiger partial charge on any atom is -0.444 e. The minimum absolute atomic E-state index is 0.0594. The molecule has 0 saturated heterocycles. The molecule has 0 aliphatic carbocycles. The average molecular weight is 608 g/mol. The third-order valence-electron chi connectivity index (χ3n) is 5.02. The van der Waals surface area contributed by atoms with Crippen LogP contribution in [-0.4, -0.2) is 113 Å². The highest BCUT2D eigenvalue weighted by atomic mass is 32.2. The molecule has 0 aromatic heterocycles. The van der Waals surface area contributed by atoms with E-state index in [1.165, 1.54) is 12.1 Å². The lowest BCUT2D eigenvalue weighted by Crippen LogP contribution is -2.33. The van der Waals surface area contributed by atoms with Crippen molar-refractivity contribution >= 4 is 16.2 Å². The molecular formula is C28H49NO11S. The van der Waals surface area contributed by atoms with Gasteiger partial charge in [0.1, 0.15) is 5.60 Å². The van der Waals surface area contributed by atoms with Gasteiger partial charge in [-0.2, -0.15) is 8.42 Å². The first kappa shape index (κ1) is 37.2. The van der Waals surface area contributed by atoms with E-state index in [1.807, 2.05) is 27.7 Å². The second-order valence-electron chi connectivity index (χ2n) is 9.90. The van der Waals surface area contributed by atoms with Crippen LogP contribution >= 0.6 is 0 Å². The van der Waals surface area contributed by atoms with Crippen LogP contribution in [-0.2, 0) is 47.5 Å². The fourth-order valence-electron chi connectivity index (χ4n) is 3.01. The number of carbonyl (C=O) groups excluding carboxylic acids is 1. The lowest BCUT2D eigenvalue weighted by atomic mass is 10.2. The molecule has 1 N–H and O–H groups in total. The van der Waals surface area contributed by atoms with E-state index in [0.717, 1.165) is 18.4 Å². The zero-order valence-corrected chi connectivity index (χ0v) is 25.8. The van der Waals surface area contributed by atoms with Crippen molar-refractivity contribution in [3.05, 3.63) is 29.8 Å². The third kappa shape index (κ3) is 22.4. The molecule has 238 valence electrons. The molecule has 1 aromatic carbocycles. The van der Waals surface area contributed by atoms with E-state index in [9.17, 15) is 13.2 Å². The maximum absolute atomic E-state index is 12.1. The molecule has 0 heterocycles. The van der Waals surface area contributed by atoms with Gasteiger partial charge in [0.05, 0.1) is 84.2 Å². The summed E-state index contributed by atoms with van der Waals surface area (Å²) in [5.41, 5.74) is 0.487. The molecule has 0 unspecified atom stereocenters. The zero-order valence-electron chi connectivity index (χ0n) is 25.0. The number of ether oxygens (including phenoxy) is 7. The van der Waals surface area contributed by atoms with Gasteiger partial charge >= 0.3 is 6.09 Å². The Kier molecular flexibility index (Phi) is 20.6. The minimum atomic E-state index is -3.77. The van der Waals surface area contributed by atoms with Crippen LogP contribution in [0.25, 0.3) is 0 Å². The number of alkyl carbamates (subject to hydrolysis) is 1. The smallest absolute Gasteiger partial charge is 0.407 e. The third-order valence-corrected chi connectivity index (χ3v) is 6.35. The Labute approximate surface area is 245 Å². The Balaban J connectivity index is 1.75. The zero-order chi connectivity index (χ0) is 30.2. The van der Waals surface area contributed by atoms with Gasteiger partial charge in [-0.05, 0) is 52.7 Å². The van der Waals surface area contributed by atoms with Crippen LogP contribution in [0.15, 0.2) is 29.2 Å². The molecule has 12 nitrogen and oxygen atoms in total. The molecule has 0 aliphatic heterocycles. The van der Waals surface area contributed by atoms with Crippen LogP contribution in [0.5, 0.6) is 0 Å². The molecule has 0 fully saturated rings. The van der Waals surface area contributed by atoms with Crippen molar-refractivity contribution in [3.63, 3.8) is 0 Å². The van der Waals surface area contributed by atoms with Gasteiger partial charge in [0.2, 0.25) is 0 Å². The van der Waals surface area contributed by atoms with E-state index >= 15 is 0 Å². The molecule has 1 aromatic rings. The van der Waals surface area contributed by atoms with Crippen molar-refractivity contribution in [1.29, 1.82) is 0 Å². The van der Waals surface area contributed by atoms with Gasteiger partial charge in [-0.1, -0.05) is 17.7 Å². The molecule has 0 atom stereocenters. The summed E-state index contributed by atoms with van der Waals surface area (Å²) in [4.78, 5) is 11.6. The lowest BCUT2D eigenvalue weighted by molar-refractivity contribution is -0.0178. The predicted octanol–water partition coefficient (Wildman–Crippen LogP) is 3.10. The molecule has 1 rings (SSSR count). The summed E-state index contributed by atoms with van der Waals surface area (Å²) in [5, 5.41) is 2.72. The van der Waals surface area contributed by atoms with Crippen molar-refractivity contribution in [2.45, 2.75) is 51.0 Å². The molecule has 0 saturated carbocycles. The number of aryl methyl sites for hydroxylation is 1. The Bertz CT molecular complexity index is 889. The average Bonchev–Trinajstić information content (AvgIpc) is 2.90. The topological polar surface area (TPSA) is 137 Å². The first-order valence-electron chi connectivity index (χ1n) is 14.0. The molecule has 41 heavy (non-hydrogen) atoms. The molecule has 0 bridgehead atoms. The maximum Gasteiger partial charge on any atom is 0.407 e. The van der Waals surface area contributed by atoms with E-state index in [4.69, 9.17) is 37.3 Å². The van der Waals surface area contributed by atoms with Gasteiger partial charge in [0.15, 0.2) is 0 Å². The Hall–Kier alpha value is -1.84. The molecule has 0 spiro atoms. The molecule has 13 heteroatoms. The van der Waals surface area contributed by atoms with Crippen LogP contribution in [0.1, 0.15) is 39.2 Å². The van der Waals surface area contributed by atoms with Crippen molar-refractivity contribution < 1.29 is 50.6 Å². The number of hydrogen-bond donors (Lipinski definition) is 1. The first-order valence-corrected chi connectivity index (χ1v) is 15.4. The monoisotopic (exact) mass is 607 g/mol. The highest BCUT2D eigenvalue weighted by Crippen LogP contribution is 2.13. The normalized spacial score (nSPS) is 12.0. The Morgan fingerprint density at radius 2 is 1.07 bits per heavy atom. The molecule has 1 amide bonds. The largest absolute Gasteiger partial charge is 0.444 e. The highest BCUT2D eigenvalue weighted by Gasteiger charge is 2.15. The van der Waals surface area contributed by atoms with E-state index in [2.05, 4.69) is 5.32 Å². The van der Waals surface area contributed by atoms with Gasteiger partial charge in [0, 0.05) is 13.2 Å². The maximum atomic E-state index is 12.1. The van der Waals surface area contributed by atoms with Crippen molar-refractivity contribution in [3.8, 4) is 0 Å². The second-order valence-corrected chi connectivity index (χ2v) is 11.5. The summed E-state index contributed by atoms with van der Waals surface area (Å²) in [6, 6.07) is 6.47. The number of amides is 1. The van der Waals surface area contributed by atoms with Gasteiger partial charge in [-0.25, -0.2) is 4.79 Å². The predicted molar refractivity (Wildman–Crippen MR) is 153 cm³/mol. The SMILES string of the molecule is Cc1ccc(S(=O)(=O)OCCOCCOCCOCCOCCOCCOCCCCNC(=O)OC(C)(C)C)cc1. The van der Waals surface area contributed by atoms with E-state index in [1.54, 1.807) is 12.1 Å². The standard InChI is InChI=1S/C28H49NO11S/c1-25-7-9-26(10-8-25)41(31,32)39-24-23-38-22-21-37-20-19-36-18-17-35-16-15-34-14-13-33-12-6-5-11-29-27(30)40-28(2,3)4/h7-10H,5-6,11-24H2,1-4H3,(H,29,30). The van der Waals surface area contributed by atoms with E-state index in [0.29, 0.717) is 79.2 Å². The van der Waals surface area contributed by atoms with E-state index in [-0.39, 0.29) is 18.1 Å². The van der Waals surface area contributed by atoms with E-state index < -0.39 is 21.8 Å². The molecular weight excluding hydrogens is 558 g/mol. The van der Waals surface area contributed by atoms with Gasteiger partial charge in [-0.15, -0.1) is 0 Å². The highest BCUT2D eigenvalue weighted by molar-refractivity contribution is 7.86. The lowest BCUT2D eigenvalue weighted by Gasteiger charge is -2.19. The van der Waals surface area contributed by atoms with Crippen molar-refractivity contribution in [2.75, 3.05) is 92.4 Å². The van der Waals surface area contributed by atoms with Crippen LogP contribution in [0, 0.1) is 6.92 Å². The molecule has 0 aliphatic rings. The van der Waals surface area contributed by atoms with Gasteiger partial charge < -0.3 is 38.5 Å². The summed E-state index contributed by atoms with van der Waals surface area (Å²) >= 11 is 0. The van der Waals surface area contributed by atoms with Crippen molar-refractivity contribution in [2.24, 2.45) is 0 Å². The molecule has 0 radical (unpaired) electrons. The van der Waals surface area contributed by atoms with Crippen molar-refractivity contribution in [1.82, 2.24) is 5.32 Å². The summed E-state index contributed by atoms with van der Waals surface area (Å²) in [6.07, 6.45) is 1.26. The number of benzene rings is 1. The second kappa shape index (κ2) is 22.7. The number of carbonyl (C=O) groups is 1. The summed E-state index contributed by atoms with van der Waals surface area (Å²) in [7, 11) is -3.77. The van der Waals surface area contributed by atoms with Crippen LogP contribution in [0.2, 0.25) is 0 Å². The summed E-state index contributed by atoms with van der Waals surface area (Å²) < 4.78 is 66.8.